The SMILES string of the molecule is C=C(O[Si](C)(C)C)[Si](C)(C)OC(CC)[Si](C)(C)C. The van der Waals surface area contributed by atoms with Gasteiger partial charge in [0.25, 0.3) is 8.32 Å². The molecule has 0 bridgehead atoms. The van der Waals surface area contributed by atoms with Crippen molar-refractivity contribution in [3.8, 4) is 0 Å². The van der Waals surface area contributed by atoms with E-state index in [0.29, 0.717) is 5.73 Å². The quantitative estimate of drug-likeness (QED) is 0.498. The van der Waals surface area contributed by atoms with E-state index < -0.39 is 24.7 Å². The first kappa shape index (κ1) is 18.2. The van der Waals surface area contributed by atoms with E-state index in [4.69, 9.17) is 8.85 Å². The fraction of sp³-hybridized carbons (Fsp3) is 0.846. The molecule has 5 heteroatoms. The summed E-state index contributed by atoms with van der Waals surface area (Å²) in [5.41, 5.74) is 0.404. The van der Waals surface area contributed by atoms with E-state index in [2.05, 4.69) is 65.9 Å². The monoisotopic (exact) mass is 304 g/mol. The molecule has 0 N–H and O–H groups in total. The summed E-state index contributed by atoms with van der Waals surface area (Å²) in [4.78, 5) is 0. The molecule has 0 saturated carbocycles. The standard InChI is InChI=1S/C13H32O2Si3/c1-11-13(16(3,4)5)15-18(9,10)12(2)14-17(6,7)8/h13H,2,11H2,1,3-10H3. The molecule has 0 saturated heterocycles. The van der Waals surface area contributed by atoms with E-state index in [0.717, 1.165) is 11.8 Å². The van der Waals surface area contributed by atoms with Gasteiger partial charge in [-0.2, -0.15) is 0 Å². The Hall–Kier alpha value is 0.151. The third-order valence-corrected chi connectivity index (χ3v) is 8.95. The Labute approximate surface area is 117 Å². The average molecular weight is 305 g/mol. The zero-order chi connectivity index (χ0) is 14.8. The Balaban J connectivity index is 4.78. The lowest BCUT2D eigenvalue weighted by Gasteiger charge is -2.37. The molecule has 0 aliphatic rings. The molecule has 0 aromatic rings. The summed E-state index contributed by atoms with van der Waals surface area (Å²) in [6, 6.07) is 0. The highest BCUT2D eigenvalue weighted by molar-refractivity contribution is 6.82. The van der Waals surface area contributed by atoms with Crippen molar-refractivity contribution in [2.75, 3.05) is 0 Å². The van der Waals surface area contributed by atoms with E-state index in [1.807, 2.05) is 0 Å². The van der Waals surface area contributed by atoms with Gasteiger partial charge in [0.05, 0.1) is 13.5 Å². The van der Waals surface area contributed by atoms with Gasteiger partial charge in [0, 0.05) is 5.73 Å². The fourth-order valence-electron chi connectivity index (χ4n) is 1.79. The zero-order valence-corrected chi connectivity index (χ0v) is 16.8. The molecule has 0 aromatic heterocycles. The second kappa shape index (κ2) is 6.07. The van der Waals surface area contributed by atoms with Crippen molar-refractivity contribution >= 4 is 24.7 Å². The van der Waals surface area contributed by atoms with E-state index in [9.17, 15) is 0 Å². The highest BCUT2D eigenvalue weighted by atomic mass is 28.4. The minimum atomic E-state index is -1.96. The van der Waals surface area contributed by atoms with Gasteiger partial charge in [-0.3, -0.25) is 0 Å². The highest BCUT2D eigenvalue weighted by Crippen LogP contribution is 2.26. The molecule has 0 amide bonds. The first-order valence-corrected chi connectivity index (χ1v) is 16.7. The lowest BCUT2D eigenvalue weighted by molar-refractivity contribution is 0.247. The molecule has 0 rings (SSSR count). The molecule has 0 heterocycles. The van der Waals surface area contributed by atoms with Crippen LogP contribution in [0, 0.1) is 0 Å². The van der Waals surface area contributed by atoms with Gasteiger partial charge in [-0.05, 0) is 39.2 Å². The number of rotatable bonds is 7. The van der Waals surface area contributed by atoms with Crippen molar-refractivity contribution in [2.24, 2.45) is 0 Å². The molecular weight excluding hydrogens is 272 g/mol. The van der Waals surface area contributed by atoms with Gasteiger partial charge in [-0.25, -0.2) is 0 Å². The first-order chi connectivity index (χ1) is 7.79. The second-order valence-electron chi connectivity index (χ2n) is 7.53. The van der Waals surface area contributed by atoms with Crippen LogP contribution in [-0.4, -0.2) is 30.4 Å². The van der Waals surface area contributed by atoms with Gasteiger partial charge in [0.15, 0.2) is 0 Å². The molecule has 1 unspecified atom stereocenters. The molecule has 108 valence electrons. The first-order valence-electron chi connectivity index (χ1n) is 6.86. The molecule has 0 aliphatic heterocycles. The molecule has 1 atom stereocenters. The lowest BCUT2D eigenvalue weighted by Crippen LogP contribution is -2.49. The zero-order valence-electron chi connectivity index (χ0n) is 13.8. The minimum absolute atomic E-state index is 0.404. The highest BCUT2D eigenvalue weighted by Gasteiger charge is 2.37. The molecule has 0 aromatic carbocycles. The summed E-state index contributed by atoms with van der Waals surface area (Å²) in [7, 11) is -4.80. The molecule has 0 fully saturated rings. The lowest BCUT2D eigenvalue weighted by atomic mass is 10.5. The normalized spacial score (nSPS) is 15.4. The maximum absolute atomic E-state index is 6.46. The van der Waals surface area contributed by atoms with Crippen LogP contribution in [0.4, 0.5) is 0 Å². The molecule has 2 nitrogen and oxygen atoms in total. The summed E-state index contributed by atoms with van der Waals surface area (Å²) in [6.45, 7) is 24.5. The number of hydrogen-bond donors (Lipinski definition) is 0. The van der Waals surface area contributed by atoms with Crippen LogP contribution in [0.2, 0.25) is 52.4 Å². The van der Waals surface area contributed by atoms with Gasteiger partial charge >= 0.3 is 0 Å². The van der Waals surface area contributed by atoms with Crippen molar-refractivity contribution < 1.29 is 8.85 Å². The maximum Gasteiger partial charge on any atom is 0.253 e. The Morgan fingerprint density at radius 3 is 1.72 bits per heavy atom. The van der Waals surface area contributed by atoms with Crippen molar-refractivity contribution in [1.29, 1.82) is 0 Å². The predicted molar refractivity (Wildman–Crippen MR) is 89.6 cm³/mol. The van der Waals surface area contributed by atoms with E-state index in [1.54, 1.807) is 0 Å². The van der Waals surface area contributed by atoms with Gasteiger partial charge in [-0.1, -0.05) is 33.1 Å². The van der Waals surface area contributed by atoms with Crippen LogP contribution in [0.5, 0.6) is 0 Å². The Kier molecular flexibility index (Phi) is 6.12. The second-order valence-corrected chi connectivity index (χ2v) is 21.1. The average Bonchev–Trinajstić information content (AvgIpc) is 2.09. The van der Waals surface area contributed by atoms with E-state index in [-0.39, 0.29) is 0 Å². The van der Waals surface area contributed by atoms with Crippen LogP contribution in [0.3, 0.4) is 0 Å². The number of hydrogen-bond acceptors (Lipinski definition) is 2. The maximum atomic E-state index is 6.46. The van der Waals surface area contributed by atoms with Crippen LogP contribution < -0.4 is 0 Å². The largest absolute Gasteiger partial charge is 0.549 e. The van der Waals surface area contributed by atoms with E-state index >= 15 is 0 Å². The third-order valence-electron chi connectivity index (χ3n) is 2.87. The van der Waals surface area contributed by atoms with Gasteiger partial charge < -0.3 is 8.85 Å². The van der Waals surface area contributed by atoms with E-state index in [1.165, 1.54) is 0 Å². The van der Waals surface area contributed by atoms with Crippen molar-refractivity contribution in [1.82, 2.24) is 0 Å². The summed E-state index contributed by atoms with van der Waals surface area (Å²) in [6.07, 6.45) is 1.09. The topological polar surface area (TPSA) is 18.5 Å². The molecule has 0 aliphatic carbocycles. The Bertz CT molecular complexity index is 288. The Morgan fingerprint density at radius 2 is 1.44 bits per heavy atom. The molecule has 18 heavy (non-hydrogen) atoms. The van der Waals surface area contributed by atoms with Crippen LogP contribution >= 0.6 is 0 Å². The molecule has 0 radical (unpaired) electrons. The molecule has 0 spiro atoms. The fourth-order valence-corrected chi connectivity index (χ4v) is 8.96. The van der Waals surface area contributed by atoms with Crippen LogP contribution in [-0.2, 0) is 8.85 Å². The van der Waals surface area contributed by atoms with Crippen molar-refractivity contribution in [3.63, 3.8) is 0 Å². The van der Waals surface area contributed by atoms with Gasteiger partial charge in [-0.15, -0.1) is 0 Å². The third kappa shape index (κ3) is 6.36. The van der Waals surface area contributed by atoms with Crippen LogP contribution in [0.1, 0.15) is 13.3 Å². The summed E-state index contributed by atoms with van der Waals surface area (Å²) < 4.78 is 12.5. The molecular formula is C13H32O2Si3. The minimum Gasteiger partial charge on any atom is -0.549 e. The van der Waals surface area contributed by atoms with Gasteiger partial charge in [0.2, 0.25) is 8.32 Å². The Morgan fingerprint density at radius 1 is 1.00 bits per heavy atom. The predicted octanol–water partition coefficient (Wildman–Crippen LogP) is 4.77. The van der Waals surface area contributed by atoms with Crippen LogP contribution in [0.15, 0.2) is 12.0 Å². The summed E-state index contributed by atoms with van der Waals surface area (Å²) >= 11 is 0. The van der Waals surface area contributed by atoms with Crippen molar-refractivity contribution in [3.05, 3.63) is 12.0 Å². The summed E-state index contributed by atoms with van der Waals surface area (Å²) in [5, 5.41) is 0.915. The van der Waals surface area contributed by atoms with Crippen LogP contribution in [0.25, 0.3) is 0 Å². The van der Waals surface area contributed by atoms with Gasteiger partial charge in [0.1, 0.15) is 0 Å². The van der Waals surface area contributed by atoms with Crippen molar-refractivity contribution in [2.45, 2.75) is 71.4 Å². The summed E-state index contributed by atoms with van der Waals surface area (Å²) in [5.74, 6) is 0. The smallest absolute Gasteiger partial charge is 0.253 e.